The molecule has 0 spiro atoms. The standard InChI is InChI=1S/C17H19NO3/c1-10-5-6-11(2)15(7-10)21-13-8-12(3)16(18)14(9-13)17(19)20-4/h5-9H,18H2,1-4H3. The zero-order valence-electron chi connectivity index (χ0n) is 12.7. The third kappa shape index (κ3) is 3.16. The first kappa shape index (κ1) is 14.9. The van der Waals surface area contributed by atoms with Crippen LogP contribution in [0.2, 0.25) is 0 Å². The lowest BCUT2D eigenvalue weighted by Gasteiger charge is -2.13. The van der Waals surface area contributed by atoms with E-state index >= 15 is 0 Å². The maximum Gasteiger partial charge on any atom is 0.340 e. The SMILES string of the molecule is COC(=O)c1cc(Oc2cc(C)ccc2C)cc(C)c1N. The number of carbonyl (C=O) groups excluding carboxylic acids is 1. The number of carbonyl (C=O) groups is 1. The van der Waals surface area contributed by atoms with Crippen molar-refractivity contribution >= 4 is 11.7 Å². The maximum absolute atomic E-state index is 11.8. The molecule has 2 rings (SSSR count). The zero-order valence-corrected chi connectivity index (χ0v) is 12.7. The molecule has 0 atom stereocenters. The summed E-state index contributed by atoms with van der Waals surface area (Å²) < 4.78 is 10.6. The molecule has 4 nitrogen and oxygen atoms in total. The van der Waals surface area contributed by atoms with Crippen LogP contribution in [0.1, 0.15) is 27.0 Å². The van der Waals surface area contributed by atoms with Crippen molar-refractivity contribution < 1.29 is 14.3 Å². The molecule has 0 aliphatic rings. The zero-order chi connectivity index (χ0) is 15.6. The Bertz CT molecular complexity index is 693. The molecule has 0 radical (unpaired) electrons. The first-order valence-electron chi connectivity index (χ1n) is 6.66. The molecule has 2 N–H and O–H groups in total. The van der Waals surface area contributed by atoms with Gasteiger partial charge in [0.05, 0.1) is 12.7 Å². The van der Waals surface area contributed by atoms with E-state index in [1.54, 1.807) is 6.07 Å². The van der Waals surface area contributed by atoms with Gasteiger partial charge in [0.1, 0.15) is 11.5 Å². The normalized spacial score (nSPS) is 10.3. The molecule has 0 aliphatic heterocycles. The summed E-state index contributed by atoms with van der Waals surface area (Å²) in [6, 6.07) is 9.39. The summed E-state index contributed by atoms with van der Waals surface area (Å²) in [5.74, 6) is 0.854. The van der Waals surface area contributed by atoms with Gasteiger partial charge in [0.25, 0.3) is 0 Å². The second-order valence-electron chi connectivity index (χ2n) is 5.06. The Morgan fingerprint density at radius 3 is 2.43 bits per heavy atom. The molecular formula is C17H19NO3. The van der Waals surface area contributed by atoms with E-state index in [1.807, 2.05) is 45.0 Å². The maximum atomic E-state index is 11.8. The Labute approximate surface area is 124 Å². The Balaban J connectivity index is 2.43. The lowest BCUT2D eigenvalue weighted by atomic mass is 10.1. The molecule has 0 amide bonds. The number of methoxy groups -OCH3 is 1. The first-order valence-corrected chi connectivity index (χ1v) is 6.66. The summed E-state index contributed by atoms with van der Waals surface area (Å²) in [5.41, 5.74) is 9.55. The molecule has 0 fully saturated rings. The van der Waals surface area contributed by atoms with Gasteiger partial charge in [-0.1, -0.05) is 12.1 Å². The first-order chi connectivity index (χ1) is 9.92. The van der Waals surface area contributed by atoms with Crippen LogP contribution < -0.4 is 10.5 Å². The molecule has 0 aromatic heterocycles. The molecule has 0 saturated carbocycles. The Hall–Kier alpha value is -2.49. The van der Waals surface area contributed by atoms with E-state index in [-0.39, 0.29) is 0 Å². The second-order valence-corrected chi connectivity index (χ2v) is 5.06. The lowest BCUT2D eigenvalue weighted by molar-refractivity contribution is 0.0601. The molecule has 2 aromatic rings. The molecule has 2 aromatic carbocycles. The molecule has 110 valence electrons. The van der Waals surface area contributed by atoms with Gasteiger partial charge in [-0.15, -0.1) is 0 Å². The number of esters is 1. The van der Waals surface area contributed by atoms with Crippen molar-refractivity contribution in [1.29, 1.82) is 0 Å². The highest BCUT2D eigenvalue weighted by atomic mass is 16.5. The fraction of sp³-hybridized carbons (Fsp3) is 0.235. The predicted octanol–water partition coefficient (Wildman–Crippen LogP) is 3.77. The minimum absolute atomic E-state index is 0.317. The third-order valence-corrected chi connectivity index (χ3v) is 3.34. The molecule has 0 saturated heterocycles. The van der Waals surface area contributed by atoms with Crippen molar-refractivity contribution in [2.45, 2.75) is 20.8 Å². The summed E-state index contributed by atoms with van der Waals surface area (Å²) in [6.07, 6.45) is 0. The Kier molecular flexibility index (Phi) is 4.17. The van der Waals surface area contributed by atoms with Crippen LogP contribution in [0.3, 0.4) is 0 Å². The van der Waals surface area contributed by atoms with Crippen molar-refractivity contribution in [3.8, 4) is 11.5 Å². The number of hydrogen-bond donors (Lipinski definition) is 1. The van der Waals surface area contributed by atoms with Crippen LogP contribution in [0.4, 0.5) is 5.69 Å². The van der Waals surface area contributed by atoms with Crippen molar-refractivity contribution in [2.75, 3.05) is 12.8 Å². The Morgan fingerprint density at radius 2 is 1.76 bits per heavy atom. The van der Waals surface area contributed by atoms with E-state index in [0.717, 1.165) is 22.4 Å². The van der Waals surface area contributed by atoms with Crippen LogP contribution in [-0.2, 0) is 4.74 Å². The van der Waals surface area contributed by atoms with Gasteiger partial charge in [0.15, 0.2) is 0 Å². The number of aryl methyl sites for hydroxylation is 3. The molecule has 0 heterocycles. The largest absolute Gasteiger partial charge is 0.465 e. The van der Waals surface area contributed by atoms with E-state index in [0.29, 0.717) is 17.0 Å². The van der Waals surface area contributed by atoms with Gasteiger partial charge in [-0.3, -0.25) is 0 Å². The lowest BCUT2D eigenvalue weighted by Crippen LogP contribution is -2.07. The second kappa shape index (κ2) is 5.87. The fourth-order valence-corrected chi connectivity index (χ4v) is 2.05. The number of nitrogen functional groups attached to an aromatic ring is 1. The van der Waals surface area contributed by atoms with Crippen LogP contribution in [0.15, 0.2) is 30.3 Å². The number of benzene rings is 2. The van der Waals surface area contributed by atoms with Gasteiger partial charge in [-0.05, 0) is 55.7 Å². The molecule has 21 heavy (non-hydrogen) atoms. The van der Waals surface area contributed by atoms with Crippen molar-refractivity contribution in [3.63, 3.8) is 0 Å². The average molecular weight is 285 g/mol. The molecule has 4 heteroatoms. The van der Waals surface area contributed by atoms with Crippen LogP contribution >= 0.6 is 0 Å². The molecule has 0 bridgehead atoms. The average Bonchev–Trinajstić information content (AvgIpc) is 2.45. The van der Waals surface area contributed by atoms with Crippen LogP contribution in [0, 0.1) is 20.8 Å². The highest BCUT2D eigenvalue weighted by Gasteiger charge is 2.14. The Morgan fingerprint density at radius 1 is 1.05 bits per heavy atom. The highest BCUT2D eigenvalue weighted by Crippen LogP contribution is 2.30. The van der Waals surface area contributed by atoms with Crippen molar-refractivity contribution in [1.82, 2.24) is 0 Å². The van der Waals surface area contributed by atoms with E-state index in [2.05, 4.69) is 0 Å². The fourth-order valence-electron chi connectivity index (χ4n) is 2.05. The summed E-state index contributed by atoms with van der Waals surface area (Å²) >= 11 is 0. The predicted molar refractivity (Wildman–Crippen MR) is 82.9 cm³/mol. The van der Waals surface area contributed by atoms with Crippen molar-refractivity contribution in [2.24, 2.45) is 0 Å². The van der Waals surface area contributed by atoms with E-state index in [4.69, 9.17) is 15.2 Å². The van der Waals surface area contributed by atoms with Crippen LogP contribution in [0.25, 0.3) is 0 Å². The van der Waals surface area contributed by atoms with Gasteiger partial charge >= 0.3 is 5.97 Å². The van der Waals surface area contributed by atoms with Crippen LogP contribution in [-0.4, -0.2) is 13.1 Å². The van der Waals surface area contributed by atoms with E-state index < -0.39 is 5.97 Å². The minimum atomic E-state index is -0.470. The number of anilines is 1. The smallest absolute Gasteiger partial charge is 0.340 e. The monoisotopic (exact) mass is 285 g/mol. The summed E-state index contributed by atoms with van der Waals surface area (Å²) in [5, 5.41) is 0. The van der Waals surface area contributed by atoms with Gasteiger partial charge in [-0.25, -0.2) is 4.79 Å². The number of ether oxygens (including phenoxy) is 2. The molecular weight excluding hydrogens is 266 g/mol. The van der Waals surface area contributed by atoms with E-state index in [1.165, 1.54) is 7.11 Å². The summed E-state index contributed by atoms with van der Waals surface area (Å²) in [6.45, 7) is 5.80. The van der Waals surface area contributed by atoms with Gasteiger partial charge in [0, 0.05) is 5.69 Å². The van der Waals surface area contributed by atoms with Gasteiger partial charge < -0.3 is 15.2 Å². The molecule has 0 unspecified atom stereocenters. The van der Waals surface area contributed by atoms with Crippen LogP contribution in [0.5, 0.6) is 11.5 Å². The third-order valence-electron chi connectivity index (χ3n) is 3.34. The molecule has 0 aliphatic carbocycles. The number of hydrogen-bond acceptors (Lipinski definition) is 4. The quantitative estimate of drug-likeness (QED) is 0.688. The minimum Gasteiger partial charge on any atom is -0.465 e. The van der Waals surface area contributed by atoms with Crippen molar-refractivity contribution in [3.05, 3.63) is 52.6 Å². The highest BCUT2D eigenvalue weighted by molar-refractivity contribution is 5.96. The van der Waals surface area contributed by atoms with Gasteiger partial charge in [0.2, 0.25) is 0 Å². The topological polar surface area (TPSA) is 61.5 Å². The number of nitrogens with two attached hydrogens (primary N) is 1. The number of rotatable bonds is 3. The van der Waals surface area contributed by atoms with Gasteiger partial charge in [-0.2, -0.15) is 0 Å². The summed E-state index contributed by atoms with van der Waals surface area (Å²) in [7, 11) is 1.33. The summed E-state index contributed by atoms with van der Waals surface area (Å²) in [4.78, 5) is 11.8. The van der Waals surface area contributed by atoms with E-state index in [9.17, 15) is 4.79 Å².